The van der Waals surface area contributed by atoms with Crippen molar-refractivity contribution in [1.82, 2.24) is 4.98 Å². The number of ether oxygens (including phenoxy) is 1. The maximum Gasteiger partial charge on any atom is 0.267 e. The Morgan fingerprint density at radius 3 is 2.45 bits per heavy atom. The zero-order valence-electron chi connectivity index (χ0n) is 16.6. The molecule has 5 nitrogen and oxygen atoms in total. The number of aryl methyl sites for hydroxylation is 1. The Balaban J connectivity index is 1.47. The summed E-state index contributed by atoms with van der Waals surface area (Å²) in [6.07, 6.45) is 0. The molecule has 1 N–H and O–H groups in total. The average molecular weight is 386 g/mol. The second-order valence-electron chi connectivity index (χ2n) is 7.45. The largest absolute Gasteiger partial charge is 0.478 e. The molecule has 3 aromatic carbocycles. The number of para-hydroxylation sites is 1. The minimum Gasteiger partial charge on any atom is -0.478 e. The van der Waals surface area contributed by atoms with E-state index in [4.69, 9.17) is 9.15 Å². The van der Waals surface area contributed by atoms with E-state index in [-0.39, 0.29) is 5.91 Å². The van der Waals surface area contributed by atoms with Crippen molar-refractivity contribution in [2.45, 2.75) is 26.4 Å². The van der Waals surface area contributed by atoms with Gasteiger partial charge in [0.15, 0.2) is 11.2 Å². The average Bonchev–Trinajstić information content (AvgIpc) is 3.12. The summed E-state index contributed by atoms with van der Waals surface area (Å²) in [4.78, 5) is 17.2. The maximum atomic E-state index is 12.7. The SMILES string of the molecule is Cc1ccc2oc(-c3ccc(NC(=O)C(C)(C)Oc4ccccc4)cc3)nc2c1. The fourth-order valence-electron chi connectivity index (χ4n) is 2.97. The van der Waals surface area contributed by atoms with Gasteiger partial charge in [0.1, 0.15) is 11.3 Å². The third kappa shape index (κ3) is 4.14. The topological polar surface area (TPSA) is 64.4 Å². The van der Waals surface area contributed by atoms with Crippen LogP contribution in [0.2, 0.25) is 0 Å². The molecule has 0 radical (unpaired) electrons. The number of nitrogens with one attached hydrogen (secondary N) is 1. The zero-order chi connectivity index (χ0) is 20.4. The van der Waals surface area contributed by atoms with Gasteiger partial charge in [0, 0.05) is 11.3 Å². The third-order valence-corrected chi connectivity index (χ3v) is 4.60. The highest BCUT2D eigenvalue weighted by Crippen LogP contribution is 2.26. The van der Waals surface area contributed by atoms with Crippen molar-refractivity contribution < 1.29 is 13.9 Å². The van der Waals surface area contributed by atoms with Gasteiger partial charge < -0.3 is 14.5 Å². The number of benzene rings is 3. The Bertz CT molecular complexity index is 1150. The molecule has 4 rings (SSSR count). The van der Waals surface area contributed by atoms with E-state index in [2.05, 4.69) is 10.3 Å². The van der Waals surface area contributed by atoms with Crippen LogP contribution in [0.4, 0.5) is 5.69 Å². The minimum absolute atomic E-state index is 0.230. The molecule has 0 spiro atoms. The summed E-state index contributed by atoms with van der Waals surface area (Å²) in [5.74, 6) is 0.969. The number of hydrogen-bond acceptors (Lipinski definition) is 4. The first kappa shape index (κ1) is 18.7. The molecule has 0 unspecified atom stereocenters. The van der Waals surface area contributed by atoms with Crippen LogP contribution in [-0.2, 0) is 4.79 Å². The Morgan fingerprint density at radius 2 is 1.72 bits per heavy atom. The Labute approximate surface area is 169 Å². The van der Waals surface area contributed by atoms with E-state index >= 15 is 0 Å². The number of nitrogens with zero attached hydrogens (tertiary/aromatic N) is 1. The lowest BCUT2D eigenvalue weighted by molar-refractivity contribution is -0.128. The summed E-state index contributed by atoms with van der Waals surface area (Å²) < 4.78 is 11.7. The fraction of sp³-hybridized carbons (Fsp3) is 0.167. The van der Waals surface area contributed by atoms with Crippen molar-refractivity contribution in [3.8, 4) is 17.2 Å². The van der Waals surface area contributed by atoms with E-state index in [0.717, 1.165) is 22.2 Å². The van der Waals surface area contributed by atoms with Crippen molar-refractivity contribution in [2.75, 3.05) is 5.32 Å². The number of amides is 1. The van der Waals surface area contributed by atoms with Crippen LogP contribution < -0.4 is 10.1 Å². The maximum absolute atomic E-state index is 12.7. The fourth-order valence-corrected chi connectivity index (χ4v) is 2.97. The second-order valence-corrected chi connectivity index (χ2v) is 7.45. The Kier molecular flexibility index (Phi) is 4.80. The molecule has 0 atom stereocenters. The van der Waals surface area contributed by atoms with Crippen LogP contribution in [0.5, 0.6) is 5.75 Å². The lowest BCUT2D eigenvalue weighted by Crippen LogP contribution is -2.42. The van der Waals surface area contributed by atoms with E-state index in [1.54, 1.807) is 13.8 Å². The minimum atomic E-state index is -1.02. The van der Waals surface area contributed by atoms with Crippen molar-refractivity contribution in [1.29, 1.82) is 0 Å². The molecule has 29 heavy (non-hydrogen) atoms. The molecule has 0 aliphatic rings. The monoisotopic (exact) mass is 386 g/mol. The summed E-state index contributed by atoms with van der Waals surface area (Å²) in [7, 11) is 0. The number of aromatic nitrogens is 1. The molecule has 1 amide bonds. The molecule has 0 aliphatic carbocycles. The number of rotatable bonds is 5. The molecule has 146 valence electrons. The van der Waals surface area contributed by atoms with Crippen molar-refractivity contribution in [3.05, 3.63) is 78.4 Å². The first-order valence-corrected chi connectivity index (χ1v) is 9.44. The first-order chi connectivity index (χ1) is 13.9. The van der Waals surface area contributed by atoms with Gasteiger partial charge in [-0.3, -0.25) is 4.79 Å². The Morgan fingerprint density at radius 1 is 1.00 bits per heavy atom. The highest BCUT2D eigenvalue weighted by Gasteiger charge is 2.30. The van der Waals surface area contributed by atoms with Gasteiger partial charge in [-0.2, -0.15) is 0 Å². The number of anilines is 1. The van der Waals surface area contributed by atoms with E-state index in [1.165, 1.54) is 0 Å². The lowest BCUT2D eigenvalue weighted by Gasteiger charge is -2.25. The van der Waals surface area contributed by atoms with Crippen molar-refractivity contribution in [2.24, 2.45) is 0 Å². The van der Waals surface area contributed by atoms with Gasteiger partial charge in [0.25, 0.3) is 5.91 Å². The molecule has 1 heterocycles. The van der Waals surface area contributed by atoms with Gasteiger partial charge >= 0.3 is 0 Å². The molecule has 1 aromatic heterocycles. The predicted octanol–water partition coefficient (Wildman–Crippen LogP) is 5.60. The van der Waals surface area contributed by atoms with Crippen LogP contribution in [-0.4, -0.2) is 16.5 Å². The van der Waals surface area contributed by atoms with Crippen LogP contribution in [0.25, 0.3) is 22.6 Å². The highest BCUT2D eigenvalue weighted by molar-refractivity contribution is 5.97. The van der Waals surface area contributed by atoms with Crippen molar-refractivity contribution >= 4 is 22.7 Å². The first-order valence-electron chi connectivity index (χ1n) is 9.44. The summed E-state index contributed by atoms with van der Waals surface area (Å²) in [6, 6.07) is 22.6. The van der Waals surface area contributed by atoms with Crippen LogP contribution >= 0.6 is 0 Å². The quantitative estimate of drug-likeness (QED) is 0.485. The van der Waals surface area contributed by atoms with Gasteiger partial charge in [-0.05, 0) is 74.9 Å². The van der Waals surface area contributed by atoms with E-state index < -0.39 is 5.60 Å². The van der Waals surface area contributed by atoms with Crippen LogP contribution in [0, 0.1) is 6.92 Å². The van der Waals surface area contributed by atoms with E-state index in [9.17, 15) is 4.79 Å². The number of fused-ring (bicyclic) bond motifs is 1. The molecule has 4 aromatic rings. The molecular weight excluding hydrogens is 364 g/mol. The van der Waals surface area contributed by atoms with Gasteiger partial charge in [0.05, 0.1) is 0 Å². The third-order valence-electron chi connectivity index (χ3n) is 4.60. The lowest BCUT2D eigenvalue weighted by atomic mass is 10.1. The summed E-state index contributed by atoms with van der Waals surface area (Å²) in [5.41, 5.74) is 3.22. The molecule has 0 bridgehead atoms. The molecular formula is C24H22N2O3. The summed E-state index contributed by atoms with van der Waals surface area (Å²) >= 11 is 0. The zero-order valence-corrected chi connectivity index (χ0v) is 16.6. The molecule has 0 saturated carbocycles. The molecule has 0 aliphatic heterocycles. The second kappa shape index (κ2) is 7.43. The van der Waals surface area contributed by atoms with Gasteiger partial charge in [-0.15, -0.1) is 0 Å². The summed E-state index contributed by atoms with van der Waals surface area (Å²) in [6.45, 7) is 5.50. The standard InChI is InChI=1S/C24H22N2O3/c1-16-9-14-21-20(15-16)26-22(28-21)17-10-12-18(13-11-17)25-23(27)24(2,3)29-19-7-5-4-6-8-19/h4-15H,1-3H3,(H,25,27). The number of hydrogen-bond donors (Lipinski definition) is 1. The smallest absolute Gasteiger partial charge is 0.267 e. The van der Waals surface area contributed by atoms with Gasteiger partial charge in [-0.1, -0.05) is 24.3 Å². The van der Waals surface area contributed by atoms with Gasteiger partial charge in [-0.25, -0.2) is 4.98 Å². The van der Waals surface area contributed by atoms with Crippen LogP contribution in [0.15, 0.2) is 77.2 Å². The van der Waals surface area contributed by atoms with E-state index in [0.29, 0.717) is 17.3 Å². The molecule has 0 saturated heterocycles. The normalized spacial score (nSPS) is 11.4. The number of carbonyl (C=O) groups excluding carboxylic acids is 1. The van der Waals surface area contributed by atoms with Gasteiger partial charge in [0.2, 0.25) is 5.89 Å². The number of oxazole rings is 1. The predicted molar refractivity (Wildman–Crippen MR) is 114 cm³/mol. The summed E-state index contributed by atoms with van der Waals surface area (Å²) in [5, 5.41) is 2.90. The Hall–Kier alpha value is -3.60. The molecule has 5 heteroatoms. The van der Waals surface area contributed by atoms with Crippen LogP contribution in [0.1, 0.15) is 19.4 Å². The number of carbonyl (C=O) groups is 1. The molecule has 0 fully saturated rings. The highest BCUT2D eigenvalue weighted by atomic mass is 16.5. The van der Waals surface area contributed by atoms with Crippen LogP contribution in [0.3, 0.4) is 0 Å². The van der Waals surface area contributed by atoms with E-state index in [1.807, 2.05) is 79.7 Å². The van der Waals surface area contributed by atoms with Crippen molar-refractivity contribution in [3.63, 3.8) is 0 Å².